The van der Waals surface area contributed by atoms with Crippen molar-refractivity contribution in [3.63, 3.8) is 0 Å². The lowest BCUT2D eigenvalue weighted by atomic mass is 10.1. The van der Waals surface area contributed by atoms with Crippen molar-refractivity contribution in [1.29, 1.82) is 0 Å². The fourth-order valence-electron chi connectivity index (χ4n) is 2.53. The van der Waals surface area contributed by atoms with Crippen molar-refractivity contribution >= 4 is 11.6 Å². The molecule has 0 saturated carbocycles. The molecule has 0 spiro atoms. The molecule has 0 bridgehead atoms. The summed E-state index contributed by atoms with van der Waals surface area (Å²) < 4.78 is 0. The van der Waals surface area contributed by atoms with E-state index in [-0.39, 0.29) is 11.9 Å². The second-order valence-electron chi connectivity index (χ2n) is 5.23. The summed E-state index contributed by atoms with van der Waals surface area (Å²) in [5.41, 5.74) is 2.53. The summed E-state index contributed by atoms with van der Waals surface area (Å²) in [6, 6.07) is 8.26. The van der Waals surface area contributed by atoms with Gasteiger partial charge in [-0.05, 0) is 18.6 Å². The lowest BCUT2D eigenvalue weighted by molar-refractivity contribution is -0.125. The Morgan fingerprint density at radius 1 is 1.45 bits per heavy atom. The van der Waals surface area contributed by atoms with Crippen LogP contribution >= 0.6 is 0 Å². The van der Waals surface area contributed by atoms with Crippen molar-refractivity contribution in [3.05, 3.63) is 42.5 Å². The second-order valence-corrected chi connectivity index (χ2v) is 5.23. The van der Waals surface area contributed by atoms with Gasteiger partial charge < -0.3 is 10.2 Å². The highest BCUT2D eigenvalue weighted by atomic mass is 16.2. The molecule has 4 heteroatoms. The van der Waals surface area contributed by atoms with Crippen LogP contribution in [0.4, 0.5) is 5.69 Å². The van der Waals surface area contributed by atoms with Crippen molar-refractivity contribution < 1.29 is 4.79 Å². The van der Waals surface area contributed by atoms with E-state index >= 15 is 0 Å². The van der Waals surface area contributed by atoms with E-state index < -0.39 is 0 Å². The summed E-state index contributed by atoms with van der Waals surface area (Å²) in [6.45, 7) is 8.73. The van der Waals surface area contributed by atoms with Crippen LogP contribution in [-0.4, -0.2) is 43.5 Å². The van der Waals surface area contributed by atoms with E-state index in [1.165, 1.54) is 11.3 Å². The van der Waals surface area contributed by atoms with Crippen LogP contribution in [0.1, 0.15) is 12.5 Å². The molecule has 0 aliphatic carbocycles. The predicted molar refractivity (Wildman–Crippen MR) is 82.8 cm³/mol. The van der Waals surface area contributed by atoms with E-state index in [0.29, 0.717) is 6.54 Å². The molecule has 2 rings (SSSR count). The first-order valence-electron chi connectivity index (χ1n) is 7.05. The SMILES string of the molecule is C=CCNC(=O)[C@@H](C)N1CCN(C)c2ccccc2C1. The first-order chi connectivity index (χ1) is 9.63. The van der Waals surface area contributed by atoms with Crippen LogP contribution in [0, 0.1) is 0 Å². The third kappa shape index (κ3) is 3.20. The molecule has 0 saturated heterocycles. The lowest BCUT2D eigenvalue weighted by Crippen LogP contribution is -2.46. The second kappa shape index (κ2) is 6.57. The quantitative estimate of drug-likeness (QED) is 0.847. The van der Waals surface area contributed by atoms with Crippen LogP contribution in [0.5, 0.6) is 0 Å². The van der Waals surface area contributed by atoms with Gasteiger partial charge in [0.1, 0.15) is 0 Å². The van der Waals surface area contributed by atoms with Crippen LogP contribution in [0.25, 0.3) is 0 Å². The number of para-hydroxylation sites is 1. The normalized spacial score (nSPS) is 17.0. The fourth-order valence-corrected chi connectivity index (χ4v) is 2.53. The van der Waals surface area contributed by atoms with Gasteiger partial charge >= 0.3 is 0 Å². The highest BCUT2D eigenvalue weighted by Gasteiger charge is 2.24. The third-order valence-electron chi connectivity index (χ3n) is 3.85. The summed E-state index contributed by atoms with van der Waals surface area (Å²) in [5, 5.41) is 2.87. The zero-order valence-corrected chi connectivity index (χ0v) is 12.3. The molecule has 1 N–H and O–H groups in total. The van der Waals surface area contributed by atoms with E-state index in [0.717, 1.165) is 19.6 Å². The van der Waals surface area contributed by atoms with Gasteiger partial charge in [-0.25, -0.2) is 0 Å². The molecule has 1 heterocycles. The molecular weight excluding hydrogens is 250 g/mol. The molecular formula is C16H23N3O. The Bertz CT molecular complexity index is 486. The van der Waals surface area contributed by atoms with Crippen LogP contribution < -0.4 is 10.2 Å². The Morgan fingerprint density at radius 3 is 2.95 bits per heavy atom. The van der Waals surface area contributed by atoms with Gasteiger partial charge in [-0.2, -0.15) is 0 Å². The number of benzene rings is 1. The Kier molecular flexibility index (Phi) is 4.79. The van der Waals surface area contributed by atoms with Gasteiger partial charge in [0.05, 0.1) is 6.04 Å². The van der Waals surface area contributed by atoms with Gasteiger partial charge in [0.25, 0.3) is 0 Å². The summed E-state index contributed by atoms with van der Waals surface area (Å²) in [4.78, 5) is 16.6. The van der Waals surface area contributed by atoms with E-state index in [2.05, 4.69) is 53.0 Å². The maximum atomic E-state index is 12.1. The predicted octanol–water partition coefficient (Wildman–Crippen LogP) is 1.63. The van der Waals surface area contributed by atoms with E-state index in [9.17, 15) is 4.79 Å². The third-order valence-corrected chi connectivity index (χ3v) is 3.85. The summed E-state index contributed by atoms with van der Waals surface area (Å²) in [5.74, 6) is 0.0620. The Balaban J connectivity index is 2.11. The number of carbonyl (C=O) groups excluding carboxylic acids is 1. The largest absolute Gasteiger partial charge is 0.373 e. The molecule has 1 aliphatic heterocycles. The zero-order valence-electron chi connectivity index (χ0n) is 12.3. The fraction of sp³-hybridized carbons (Fsp3) is 0.438. The van der Waals surface area contributed by atoms with Crippen molar-refractivity contribution in [1.82, 2.24) is 10.2 Å². The number of nitrogens with one attached hydrogen (secondary N) is 1. The summed E-state index contributed by atoms with van der Waals surface area (Å²) >= 11 is 0. The van der Waals surface area contributed by atoms with Crippen molar-refractivity contribution in [3.8, 4) is 0 Å². The van der Waals surface area contributed by atoms with E-state index in [4.69, 9.17) is 0 Å². The first-order valence-corrected chi connectivity index (χ1v) is 7.05. The van der Waals surface area contributed by atoms with E-state index in [1.807, 2.05) is 6.92 Å². The minimum Gasteiger partial charge on any atom is -0.373 e. The van der Waals surface area contributed by atoms with Crippen LogP contribution in [0.3, 0.4) is 0 Å². The monoisotopic (exact) mass is 273 g/mol. The Morgan fingerprint density at radius 2 is 2.20 bits per heavy atom. The van der Waals surface area contributed by atoms with Crippen molar-refractivity contribution in [2.24, 2.45) is 0 Å². The molecule has 1 aromatic rings. The average Bonchev–Trinajstić information content (AvgIpc) is 2.64. The number of fused-ring (bicyclic) bond motifs is 1. The highest BCUT2D eigenvalue weighted by molar-refractivity contribution is 5.81. The molecule has 1 amide bonds. The maximum Gasteiger partial charge on any atom is 0.237 e. The average molecular weight is 273 g/mol. The van der Waals surface area contributed by atoms with Crippen molar-refractivity contribution in [2.75, 3.05) is 31.6 Å². The highest BCUT2D eigenvalue weighted by Crippen LogP contribution is 2.24. The topological polar surface area (TPSA) is 35.6 Å². The first kappa shape index (κ1) is 14.6. The van der Waals surface area contributed by atoms with Crippen LogP contribution in [0.15, 0.2) is 36.9 Å². The number of likely N-dealkylation sites (N-methyl/N-ethyl adjacent to an activating group) is 1. The number of hydrogen-bond acceptors (Lipinski definition) is 3. The minimum atomic E-state index is -0.130. The molecule has 0 radical (unpaired) electrons. The molecule has 1 aliphatic rings. The molecule has 1 atom stereocenters. The zero-order chi connectivity index (χ0) is 14.5. The van der Waals surface area contributed by atoms with Crippen LogP contribution in [-0.2, 0) is 11.3 Å². The smallest absolute Gasteiger partial charge is 0.237 e. The molecule has 20 heavy (non-hydrogen) atoms. The lowest BCUT2D eigenvalue weighted by Gasteiger charge is -2.26. The number of rotatable bonds is 4. The summed E-state index contributed by atoms with van der Waals surface area (Å²) in [7, 11) is 2.10. The molecule has 1 aromatic carbocycles. The van der Waals surface area contributed by atoms with Crippen LogP contribution in [0.2, 0.25) is 0 Å². The molecule has 108 valence electrons. The summed E-state index contributed by atoms with van der Waals surface area (Å²) in [6.07, 6.45) is 1.70. The number of nitrogens with zero attached hydrogens (tertiary/aromatic N) is 2. The van der Waals surface area contributed by atoms with Gasteiger partial charge in [-0.3, -0.25) is 9.69 Å². The molecule has 0 aromatic heterocycles. The number of amides is 1. The molecule has 4 nitrogen and oxygen atoms in total. The van der Waals surface area contributed by atoms with Gasteiger partial charge in [-0.15, -0.1) is 6.58 Å². The Hall–Kier alpha value is -1.81. The Labute approximate surface area is 121 Å². The van der Waals surface area contributed by atoms with Gasteiger partial charge in [-0.1, -0.05) is 24.3 Å². The minimum absolute atomic E-state index is 0.0620. The van der Waals surface area contributed by atoms with Crippen molar-refractivity contribution in [2.45, 2.75) is 19.5 Å². The number of carbonyl (C=O) groups is 1. The molecule has 0 fully saturated rings. The number of hydrogen-bond donors (Lipinski definition) is 1. The van der Waals surface area contributed by atoms with E-state index in [1.54, 1.807) is 6.08 Å². The molecule has 0 unspecified atom stereocenters. The standard InChI is InChI=1S/C16H23N3O/c1-4-9-17-16(20)13(2)19-11-10-18(3)15-8-6-5-7-14(15)12-19/h4-8,13H,1,9-12H2,2-3H3,(H,17,20)/t13-/m1/s1. The van der Waals surface area contributed by atoms with Gasteiger partial charge in [0, 0.05) is 38.9 Å². The number of anilines is 1. The van der Waals surface area contributed by atoms with Gasteiger partial charge in [0.2, 0.25) is 5.91 Å². The maximum absolute atomic E-state index is 12.1. The van der Waals surface area contributed by atoms with Gasteiger partial charge in [0.15, 0.2) is 0 Å².